The van der Waals surface area contributed by atoms with Gasteiger partial charge < -0.3 is 5.11 Å². The third-order valence-corrected chi connectivity index (χ3v) is 5.99. The van der Waals surface area contributed by atoms with Gasteiger partial charge in [0.2, 0.25) is 0 Å². The fourth-order valence-electron chi connectivity index (χ4n) is 4.60. The molecule has 0 amide bonds. The number of fused-ring (bicyclic) bond motifs is 1. The van der Waals surface area contributed by atoms with Crippen molar-refractivity contribution in [3.8, 4) is 0 Å². The minimum atomic E-state index is -0.886. The van der Waals surface area contributed by atoms with Gasteiger partial charge in [-0.15, -0.1) is 0 Å². The van der Waals surface area contributed by atoms with E-state index < -0.39 is 5.97 Å². The number of hydrogen-bond donors (Lipinski definition) is 1. The Hall–Kier alpha value is -2.35. The summed E-state index contributed by atoms with van der Waals surface area (Å²) >= 11 is 0. The van der Waals surface area contributed by atoms with Crippen LogP contribution in [0.1, 0.15) is 81.9 Å². The van der Waals surface area contributed by atoms with Gasteiger partial charge in [0.15, 0.2) is 0 Å². The molecule has 0 bridgehead atoms. The fourth-order valence-corrected chi connectivity index (χ4v) is 4.60. The van der Waals surface area contributed by atoms with Gasteiger partial charge >= 0.3 is 5.97 Å². The van der Waals surface area contributed by atoms with Crippen molar-refractivity contribution in [1.82, 2.24) is 0 Å². The SMILES string of the molecule is C/C(=C\c1ccc(C(=O)O)cc1)c1c(C)c(C)c2c(c1C)CCCC2C. The number of carboxylic acid groups (broad SMARTS) is 1. The van der Waals surface area contributed by atoms with Crippen LogP contribution in [0.25, 0.3) is 11.6 Å². The maximum absolute atomic E-state index is 11.0. The zero-order valence-electron chi connectivity index (χ0n) is 16.4. The molecule has 3 rings (SSSR count). The highest BCUT2D eigenvalue weighted by Crippen LogP contribution is 2.40. The highest BCUT2D eigenvalue weighted by Gasteiger charge is 2.24. The van der Waals surface area contributed by atoms with E-state index in [9.17, 15) is 4.79 Å². The van der Waals surface area contributed by atoms with Gasteiger partial charge in [-0.3, -0.25) is 0 Å². The van der Waals surface area contributed by atoms with E-state index in [4.69, 9.17) is 5.11 Å². The van der Waals surface area contributed by atoms with Crippen LogP contribution in [0.3, 0.4) is 0 Å². The van der Waals surface area contributed by atoms with Crippen molar-refractivity contribution >= 4 is 17.6 Å². The minimum absolute atomic E-state index is 0.325. The minimum Gasteiger partial charge on any atom is -0.478 e. The Morgan fingerprint density at radius 1 is 1.08 bits per heavy atom. The lowest BCUT2D eigenvalue weighted by atomic mass is 9.75. The Labute approximate surface area is 156 Å². The molecular weight excluding hydrogens is 320 g/mol. The molecule has 2 heteroatoms. The van der Waals surface area contributed by atoms with E-state index in [0.29, 0.717) is 11.5 Å². The Morgan fingerprint density at radius 3 is 2.35 bits per heavy atom. The first-order valence-electron chi connectivity index (χ1n) is 9.45. The molecule has 0 aliphatic heterocycles. The van der Waals surface area contributed by atoms with Gasteiger partial charge in [-0.25, -0.2) is 4.79 Å². The number of aromatic carboxylic acids is 1. The van der Waals surface area contributed by atoms with E-state index in [0.717, 1.165) is 5.56 Å². The zero-order chi connectivity index (χ0) is 19.0. The molecule has 0 radical (unpaired) electrons. The van der Waals surface area contributed by atoms with Crippen molar-refractivity contribution in [2.24, 2.45) is 0 Å². The van der Waals surface area contributed by atoms with Gasteiger partial charge in [-0.05, 0) is 110 Å². The molecule has 0 heterocycles. The van der Waals surface area contributed by atoms with E-state index in [1.165, 1.54) is 47.1 Å². The quantitative estimate of drug-likeness (QED) is 0.660. The molecule has 2 nitrogen and oxygen atoms in total. The summed E-state index contributed by atoms with van der Waals surface area (Å²) in [4.78, 5) is 11.0. The van der Waals surface area contributed by atoms with Crippen LogP contribution < -0.4 is 0 Å². The summed E-state index contributed by atoms with van der Waals surface area (Å²) < 4.78 is 0. The smallest absolute Gasteiger partial charge is 0.335 e. The Kier molecular flexibility index (Phi) is 5.04. The Morgan fingerprint density at radius 2 is 1.73 bits per heavy atom. The first kappa shape index (κ1) is 18.4. The molecule has 0 saturated carbocycles. The summed E-state index contributed by atoms with van der Waals surface area (Å²) in [6.45, 7) is 11.3. The topological polar surface area (TPSA) is 37.3 Å². The van der Waals surface area contributed by atoms with Crippen molar-refractivity contribution in [2.75, 3.05) is 0 Å². The molecule has 0 fully saturated rings. The summed E-state index contributed by atoms with van der Waals surface area (Å²) in [6, 6.07) is 7.10. The summed E-state index contributed by atoms with van der Waals surface area (Å²) in [5.41, 5.74) is 11.3. The number of allylic oxidation sites excluding steroid dienone is 1. The van der Waals surface area contributed by atoms with Crippen LogP contribution in [-0.4, -0.2) is 11.1 Å². The standard InChI is InChI=1S/C24H28O2/c1-14-7-6-8-21-18(5)22(16(3)17(4)23(14)21)15(2)13-19-9-11-20(12-10-19)24(25)26/h9-14H,6-8H2,1-5H3,(H,25,26)/b15-13+. The lowest BCUT2D eigenvalue weighted by molar-refractivity contribution is 0.0697. The molecule has 1 aliphatic rings. The van der Waals surface area contributed by atoms with Crippen LogP contribution in [0, 0.1) is 20.8 Å². The third-order valence-electron chi connectivity index (χ3n) is 5.99. The maximum Gasteiger partial charge on any atom is 0.335 e. The Balaban J connectivity index is 2.08. The predicted octanol–water partition coefficient (Wildman–Crippen LogP) is 6.31. The highest BCUT2D eigenvalue weighted by molar-refractivity contribution is 5.89. The van der Waals surface area contributed by atoms with Gasteiger partial charge in [0.1, 0.15) is 0 Å². The van der Waals surface area contributed by atoms with Gasteiger partial charge in [-0.2, -0.15) is 0 Å². The second kappa shape index (κ2) is 7.11. The van der Waals surface area contributed by atoms with Crippen LogP contribution in [-0.2, 0) is 6.42 Å². The third kappa shape index (κ3) is 3.21. The molecule has 2 aromatic rings. The van der Waals surface area contributed by atoms with Crippen molar-refractivity contribution < 1.29 is 9.90 Å². The maximum atomic E-state index is 11.0. The van der Waals surface area contributed by atoms with Crippen molar-refractivity contribution in [3.05, 3.63) is 68.8 Å². The molecule has 1 aliphatic carbocycles. The molecule has 0 spiro atoms. The van der Waals surface area contributed by atoms with Crippen LogP contribution in [0.2, 0.25) is 0 Å². The molecule has 2 aromatic carbocycles. The van der Waals surface area contributed by atoms with Crippen LogP contribution in [0.15, 0.2) is 24.3 Å². The van der Waals surface area contributed by atoms with Gasteiger partial charge in [0.25, 0.3) is 0 Å². The van der Waals surface area contributed by atoms with Gasteiger partial charge in [0.05, 0.1) is 5.56 Å². The molecule has 26 heavy (non-hydrogen) atoms. The van der Waals surface area contributed by atoms with Crippen molar-refractivity contribution in [2.45, 2.75) is 59.8 Å². The molecule has 1 N–H and O–H groups in total. The van der Waals surface area contributed by atoms with Gasteiger partial charge in [0, 0.05) is 0 Å². The number of carboxylic acids is 1. The molecule has 1 atom stereocenters. The van der Waals surface area contributed by atoms with E-state index in [1.807, 2.05) is 12.1 Å². The number of carbonyl (C=O) groups is 1. The van der Waals surface area contributed by atoms with E-state index in [1.54, 1.807) is 23.3 Å². The average molecular weight is 348 g/mol. The molecular formula is C24H28O2. The van der Waals surface area contributed by atoms with Crippen LogP contribution in [0.5, 0.6) is 0 Å². The monoisotopic (exact) mass is 348 g/mol. The second-order valence-electron chi connectivity index (χ2n) is 7.69. The lowest BCUT2D eigenvalue weighted by Crippen LogP contribution is -2.14. The summed E-state index contributed by atoms with van der Waals surface area (Å²) in [7, 11) is 0. The summed E-state index contributed by atoms with van der Waals surface area (Å²) in [5.74, 6) is -0.235. The summed E-state index contributed by atoms with van der Waals surface area (Å²) in [5, 5.41) is 9.06. The number of rotatable bonds is 3. The van der Waals surface area contributed by atoms with Crippen LogP contribution >= 0.6 is 0 Å². The van der Waals surface area contributed by atoms with E-state index in [-0.39, 0.29) is 0 Å². The first-order valence-corrected chi connectivity index (χ1v) is 9.45. The lowest BCUT2D eigenvalue weighted by Gasteiger charge is -2.30. The highest BCUT2D eigenvalue weighted by atomic mass is 16.4. The van der Waals surface area contributed by atoms with E-state index >= 15 is 0 Å². The molecule has 136 valence electrons. The molecule has 0 saturated heterocycles. The van der Waals surface area contributed by atoms with Crippen LogP contribution in [0.4, 0.5) is 0 Å². The van der Waals surface area contributed by atoms with Gasteiger partial charge in [-0.1, -0.05) is 25.1 Å². The first-order chi connectivity index (χ1) is 12.3. The molecule has 1 unspecified atom stereocenters. The largest absolute Gasteiger partial charge is 0.478 e. The van der Waals surface area contributed by atoms with Crippen molar-refractivity contribution in [3.63, 3.8) is 0 Å². The summed E-state index contributed by atoms with van der Waals surface area (Å²) in [6.07, 6.45) is 5.91. The number of benzene rings is 2. The predicted molar refractivity (Wildman–Crippen MR) is 109 cm³/mol. The normalized spacial score (nSPS) is 17.1. The average Bonchev–Trinajstić information content (AvgIpc) is 2.60. The van der Waals surface area contributed by atoms with Crippen molar-refractivity contribution in [1.29, 1.82) is 0 Å². The zero-order valence-corrected chi connectivity index (χ0v) is 16.4. The fraction of sp³-hybridized carbons (Fsp3) is 0.375. The number of hydrogen-bond acceptors (Lipinski definition) is 1. The molecule has 0 aromatic heterocycles. The van der Waals surface area contributed by atoms with E-state index in [2.05, 4.69) is 40.7 Å². The Bertz CT molecular complexity index is 886. The second-order valence-corrected chi connectivity index (χ2v) is 7.69.